The van der Waals surface area contributed by atoms with Crippen LogP contribution in [0.5, 0.6) is 0 Å². The molecule has 0 fully saturated rings. The molecular weight excluding hydrogens is 378 g/mol. The number of hydrogen-bond acceptors (Lipinski definition) is 6. The molecule has 0 aromatic rings. The van der Waals surface area contributed by atoms with Crippen molar-refractivity contribution in [2.75, 3.05) is 26.3 Å². The van der Waals surface area contributed by atoms with E-state index in [1.165, 1.54) is 0 Å². The van der Waals surface area contributed by atoms with Crippen molar-refractivity contribution >= 4 is 27.3 Å². The first kappa shape index (κ1) is 25.4. The number of nitrogens with one attached hydrogen (secondary N) is 2. The molecule has 10 heteroatoms. The molecule has 2 atom stereocenters. The average Bonchev–Trinajstić information content (AvgIpc) is 2.53. The van der Waals surface area contributed by atoms with Gasteiger partial charge >= 0.3 is 18.2 Å². The molecule has 0 bridgehead atoms. The summed E-state index contributed by atoms with van der Waals surface area (Å²) in [6, 6.07) is 0. The van der Waals surface area contributed by atoms with Gasteiger partial charge in [-0.1, -0.05) is 34.6 Å². The summed E-state index contributed by atoms with van der Waals surface area (Å²) < 4.78 is 25.8. The number of halogens is 1. The monoisotopic (exact) mass is 410 g/mol. The smallest absolute Gasteiger partial charge is 0.411 e. The van der Waals surface area contributed by atoms with Gasteiger partial charge in [-0.05, 0) is 24.2 Å². The van der Waals surface area contributed by atoms with E-state index in [9.17, 15) is 18.6 Å². The van der Waals surface area contributed by atoms with Crippen LogP contribution in [0.1, 0.15) is 47.5 Å². The number of esters is 1. The largest absolute Gasteiger partial charge is 0.464 e. The molecule has 0 aromatic carbocycles. The van der Waals surface area contributed by atoms with Gasteiger partial charge in [0.1, 0.15) is 13.2 Å². The second-order valence-electron chi connectivity index (χ2n) is 7.71. The first-order valence-corrected chi connectivity index (χ1v) is 9.71. The lowest BCUT2D eigenvalue weighted by Gasteiger charge is -2.26. The minimum atomic E-state index is -1.44. The van der Waals surface area contributed by atoms with Gasteiger partial charge in [0.2, 0.25) is 0 Å². The Balaban J connectivity index is 4.00. The van der Waals surface area contributed by atoms with Crippen LogP contribution >= 0.6 is 9.12 Å². The predicted molar refractivity (Wildman–Crippen MR) is 101 cm³/mol. The van der Waals surface area contributed by atoms with E-state index >= 15 is 0 Å². The van der Waals surface area contributed by atoms with Gasteiger partial charge in [-0.15, -0.1) is 0 Å². The SMILES string of the molecule is CC(C)CC(CC(C)(C)C)C(=O)OCCNC(=O)OCCNC(=O)OPF. The molecule has 27 heavy (non-hydrogen) atoms. The molecule has 0 aliphatic rings. The van der Waals surface area contributed by atoms with Crippen LogP contribution in [0.25, 0.3) is 0 Å². The van der Waals surface area contributed by atoms with Gasteiger partial charge in [-0.25, -0.2) is 9.59 Å². The zero-order chi connectivity index (χ0) is 20.9. The topological polar surface area (TPSA) is 103 Å². The first-order chi connectivity index (χ1) is 12.5. The Morgan fingerprint density at radius 2 is 1.56 bits per heavy atom. The molecule has 0 heterocycles. The van der Waals surface area contributed by atoms with Gasteiger partial charge in [-0.2, -0.15) is 4.20 Å². The van der Waals surface area contributed by atoms with E-state index in [2.05, 4.69) is 49.8 Å². The Hall–Kier alpha value is -1.63. The molecule has 2 N–H and O–H groups in total. The lowest BCUT2D eigenvalue weighted by molar-refractivity contribution is -0.150. The number of alkyl carbamates (subject to hydrolysis) is 1. The van der Waals surface area contributed by atoms with Crippen LogP contribution in [-0.4, -0.2) is 44.5 Å². The molecule has 0 aromatic heterocycles. The number of ether oxygens (including phenoxy) is 2. The van der Waals surface area contributed by atoms with Crippen molar-refractivity contribution in [1.82, 2.24) is 10.6 Å². The molecule has 0 saturated carbocycles. The van der Waals surface area contributed by atoms with Crippen LogP contribution in [0, 0.1) is 17.3 Å². The lowest BCUT2D eigenvalue weighted by atomic mass is 9.81. The predicted octanol–water partition coefficient (Wildman–Crippen LogP) is 3.56. The summed E-state index contributed by atoms with van der Waals surface area (Å²) in [4.78, 5) is 34.5. The van der Waals surface area contributed by atoms with Gasteiger partial charge < -0.3 is 24.6 Å². The van der Waals surface area contributed by atoms with E-state index in [1.807, 2.05) is 0 Å². The summed E-state index contributed by atoms with van der Waals surface area (Å²) in [5.41, 5.74) is 0.0196. The highest BCUT2D eigenvalue weighted by Gasteiger charge is 2.26. The highest BCUT2D eigenvalue weighted by atomic mass is 31.1. The molecule has 0 aliphatic carbocycles. The minimum absolute atomic E-state index is 0.00456. The van der Waals surface area contributed by atoms with Crippen LogP contribution in [0.4, 0.5) is 13.8 Å². The maximum absolute atomic E-state index is 12.3. The molecule has 0 rings (SSSR count). The van der Waals surface area contributed by atoms with E-state index in [-0.39, 0.29) is 43.6 Å². The van der Waals surface area contributed by atoms with E-state index in [0.717, 1.165) is 12.8 Å². The number of carbonyl (C=O) groups is 3. The quantitative estimate of drug-likeness (QED) is 0.234. The number of hydrogen-bond donors (Lipinski definition) is 2. The molecule has 0 spiro atoms. The summed E-state index contributed by atoms with van der Waals surface area (Å²) in [7, 11) is -1.44. The van der Waals surface area contributed by atoms with Crippen LogP contribution in [0.3, 0.4) is 0 Å². The second kappa shape index (κ2) is 13.5. The van der Waals surface area contributed by atoms with Crippen molar-refractivity contribution in [1.29, 1.82) is 0 Å². The van der Waals surface area contributed by atoms with E-state index in [1.54, 1.807) is 0 Å². The maximum Gasteiger partial charge on any atom is 0.411 e. The molecule has 158 valence electrons. The third-order valence-electron chi connectivity index (χ3n) is 3.30. The Bertz CT molecular complexity index is 471. The second-order valence-corrected chi connectivity index (χ2v) is 8.07. The third-order valence-corrected chi connectivity index (χ3v) is 3.56. The molecule has 0 saturated heterocycles. The van der Waals surface area contributed by atoms with Crippen molar-refractivity contribution in [3.8, 4) is 0 Å². The van der Waals surface area contributed by atoms with Gasteiger partial charge in [-0.3, -0.25) is 4.79 Å². The fourth-order valence-corrected chi connectivity index (χ4v) is 2.55. The van der Waals surface area contributed by atoms with E-state index in [0.29, 0.717) is 5.92 Å². The van der Waals surface area contributed by atoms with Crippen LogP contribution in [-0.2, 0) is 18.8 Å². The summed E-state index contributed by atoms with van der Waals surface area (Å²) in [6.07, 6.45) is -0.137. The zero-order valence-corrected chi connectivity index (χ0v) is 17.7. The summed E-state index contributed by atoms with van der Waals surface area (Å²) in [5.74, 6) is -0.0490. The van der Waals surface area contributed by atoms with Crippen LogP contribution in [0.2, 0.25) is 0 Å². The number of rotatable bonds is 11. The van der Waals surface area contributed by atoms with Crippen LogP contribution < -0.4 is 10.6 Å². The standard InChI is InChI=1S/C17H32FN2O6P/c1-12(2)10-13(11-17(3,4)5)14(21)24-8-6-19-15(22)25-9-7-20-16(23)26-27-18/h12-13,27H,6-11H2,1-5H3,(H,19,22)(H,20,23). The van der Waals surface area contributed by atoms with Gasteiger partial charge in [0, 0.05) is 0 Å². The lowest BCUT2D eigenvalue weighted by Crippen LogP contribution is -2.33. The summed E-state index contributed by atoms with van der Waals surface area (Å²) >= 11 is 0. The number of amides is 2. The highest BCUT2D eigenvalue weighted by Crippen LogP contribution is 2.29. The fourth-order valence-electron chi connectivity index (χ4n) is 2.41. The van der Waals surface area contributed by atoms with Crippen molar-refractivity contribution in [3.63, 3.8) is 0 Å². The molecule has 2 amide bonds. The molecule has 0 radical (unpaired) electrons. The van der Waals surface area contributed by atoms with Crippen molar-refractivity contribution in [2.45, 2.75) is 47.5 Å². The maximum atomic E-state index is 12.3. The first-order valence-electron chi connectivity index (χ1n) is 8.92. The van der Waals surface area contributed by atoms with Crippen molar-refractivity contribution < 1.29 is 32.6 Å². The molecule has 0 aliphatic heterocycles. The highest BCUT2D eigenvalue weighted by molar-refractivity contribution is 7.26. The molecule has 8 nitrogen and oxygen atoms in total. The fraction of sp³-hybridized carbons (Fsp3) is 0.824. The normalized spacial score (nSPS) is 12.7. The zero-order valence-electron chi connectivity index (χ0n) is 16.7. The summed E-state index contributed by atoms with van der Waals surface area (Å²) in [6.45, 7) is 10.4. The third kappa shape index (κ3) is 15.2. The van der Waals surface area contributed by atoms with E-state index in [4.69, 9.17) is 9.47 Å². The van der Waals surface area contributed by atoms with Gasteiger partial charge in [0.05, 0.1) is 19.0 Å². The van der Waals surface area contributed by atoms with Crippen molar-refractivity contribution in [3.05, 3.63) is 0 Å². The Labute approximate surface area is 162 Å². The van der Waals surface area contributed by atoms with Crippen molar-refractivity contribution in [2.24, 2.45) is 17.3 Å². The molecular formula is C17H32FN2O6P. The van der Waals surface area contributed by atoms with E-state index < -0.39 is 21.3 Å². The average molecular weight is 410 g/mol. The molecule has 2 unspecified atom stereocenters. The Morgan fingerprint density at radius 3 is 2.07 bits per heavy atom. The van der Waals surface area contributed by atoms with Gasteiger partial charge in [0.25, 0.3) is 9.12 Å². The summed E-state index contributed by atoms with van der Waals surface area (Å²) in [5, 5.41) is 4.64. The van der Waals surface area contributed by atoms with Crippen LogP contribution in [0.15, 0.2) is 0 Å². The Morgan fingerprint density at radius 1 is 1.00 bits per heavy atom. The number of carbonyl (C=O) groups excluding carboxylic acids is 3. The Kier molecular flexibility index (Phi) is 12.7. The van der Waals surface area contributed by atoms with Gasteiger partial charge in [0.15, 0.2) is 0 Å². The minimum Gasteiger partial charge on any atom is -0.464 e.